The van der Waals surface area contributed by atoms with Crippen LogP contribution in [0, 0.1) is 0 Å². The lowest BCUT2D eigenvalue weighted by atomic mass is 9.80. The van der Waals surface area contributed by atoms with Crippen molar-refractivity contribution in [3.63, 3.8) is 0 Å². The van der Waals surface area contributed by atoms with Gasteiger partial charge in [-0.15, -0.1) is 23.4 Å². The van der Waals surface area contributed by atoms with Gasteiger partial charge in [-0.3, -0.25) is 4.90 Å². The van der Waals surface area contributed by atoms with Crippen LogP contribution in [0.25, 0.3) is 0 Å². The van der Waals surface area contributed by atoms with E-state index < -0.39 is 12.4 Å². The minimum Gasteiger partial charge on any atom is -0.445 e. The van der Waals surface area contributed by atoms with Crippen LogP contribution in [0.15, 0.2) is 29.6 Å². The number of halogens is 3. The molecule has 0 aromatic carbocycles. The van der Waals surface area contributed by atoms with Crippen molar-refractivity contribution in [1.29, 1.82) is 0 Å². The highest BCUT2D eigenvalue weighted by molar-refractivity contribution is 7.09. The molecule has 0 saturated carbocycles. The average Bonchev–Trinajstić information content (AvgIpc) is 2.67. The van der Waals surface area contributed by atoms with Crippen molar-refractivity contribution < 1.29 is 12.9 Å². The molecule has 0 atom stereocenters. The molecule has 1 heterocycles. The molecule has 1 nitrogen and oxygen atoms in total. The van der Waals surface area contributed by atoms with Gasteiger partial charge < -0.3 is 12.9 Å². The van der Waals surface area contributed by atoms with Crippen molar-refractivity contribution >= 4 is 18.3 Å². The highest BCUT2D eigenvalue weighted by Gasteiger charge is 2.28. The van der Waals surface area contributed by atoms with Gasteiger partial charge in [0.1, 0.15) is 0 Å². The van der Waals surface area contributed by atoms with Crippen molar-refractivity contribution in [3.8, 4) is 0 Å². The van der Waals surface area contributed by atoms with Crippen LogP contribution in [0.3, 0.4) is 0 Å². The maximum atomic E-state index is 12.5. The molecule has 0 spiro atoms. The predicted molar refractivity (Wildman–Crippen MR) is 68.1 cm³/mol. The zero-order chi connectivity index (χ0) is 13.1. The first kappa shape index (κ1) is 14.3. The smallest absolute Gasteiger partial charge is 0.445 e. The summed E-state index contributed by atoms with van der Waals surface area (Å²) in [6, 6.07) is 3.90. The molecule has 0 aliphatic heterocycles. The summed E-state index contributed by atoms with van der Waals surface area (Å²) in [6.45, 7) is 2.43. The highest BCUT2D eigenvalue weighted by atomic mass is 32.1. The lowest BCUT2D eigenvalue weighted by molar-refractivity contribution is 0.234. The zero-order valence-electron chi connectivity index (χ0n) is 10.00. The number of nitrogens with zero attached hydrogens (tertiary/aromatic N) is 1. The maximum absolute atomic E-state index is 12.5. The first-order valence-corrected chi connectivity index (χ1v) is 6.32. The third kappa shape index (κ3) is 4.56. The topological polar surface area (TPSA) is 3.24 Å². The molecule has 6 heteroatoms. The second-order valence-corrected chi connectivity index (χ2v) is 5.34. The molecule has 1 aromatic rings. The lowest BCUT2D eigenvalue weighted by Crippen LogP contribution is -2.36. The van der Waals surface area contributed by atoms with Crippen molar-refractivity contribution in [3.05, 3.63) is 34.4 Å². The van der Waals surface area contributed by atoms with Crippen LogP contribution < -0.4 is 0 Å². The minimum atomic E-state index is -4.93. The maximum Gasteiger partial charge on any atom is 0.506 e. The Balaban J connectivity index is 2.64. The standard InChI is InChI=1S/C11H16BF3NS/c1-9(2)16(7-10(3)12(13,14)15)8-11-5-4-6-17-11/h4-6,9H,3,7-8H2,1-2H3/q-1. The second kappa shape index (κ2) is 5.73. The summed E-state index contributed by atoms with van der Waals surface area (Å²) in [4.78, 5) is 2.85. The summed E-state index contributed by atoms with van der Waals surface area (Å²) in [5, 5.41) is 1.93. The molecule has 0 radical (unpaired) electrons. The van der Waals surface area contributed by atoms with E-state index in [2.05, 4.69) is 6.58 Å². The van der Waals surface area contributed by atoms with Crippen LogP contribution in [0.1, 0.15) is 18.7 Å². The van der Waals surface area contributed by atoms with Crippen LogP contribution >= 0.6 is 11.3 Å². The van der Waals surface area contributed by atoms with E-state index in [9.17, 15) is 12.9 Å². The van der Waals surface area contributed by atoms with E-state index in [0.29, 0.717) is 6.54 Å². The minimum absolute atomic E-state index is 0.0620. The van der Waals surface area contributed by atoms with Crippen LogP contribution in [0.5, 0.6) is 0 Å². The fourth-order valence-corrected chi connectivity index (χ4v) is 2.12. The van der Waals surface area contributed by atoms with Gasteiger partial charge in [-0.2, -0.15) is 0 Å². The van der Waals surface area contributed by atoms with Gasteiger partial charge in [-0.1, -0.05) is 6.07 Å². The van der Waals surface area contributed by atoms with Gasteiger partial charge in [0.25, 0.3) is 0 Å². The van der Waals surface area contributed by atoms with Gasteiger partial charge in [0, 0.05) is 17.5 Å². The van der Waals surface area contributed by atoms with Crippen LogP contribution in [0.4, 0.5) is 12.9 Å². The van der Waals surface area contributed by atoms with Gasteiger partial charge in [0.2, 0.25) is 0 Å². The molecule has 0 aliphatic rings. The van der Waals surface area contributed by atoms with E-state index in [-0.39, 0.29) is 12.6 Å². The first-order chi connectivity index (χ1) is 7.80. The summed E-state index contributed by atoms with van der Waals surface area (Å²) in [7, 11) is 0. The Hall–Kier alpha value is -0.745. The normalized spacial score (nSPS) is 12.4. The quantitative estimate of drug-likeness (QED) is 0.703. The van der Waals surface area contributed by atoms with Crippen molar-refractivity contribution in [1.82, 2.24) is 4.90 Å². The molecule has 0 bridgehead atoms. The van der Waals surface area contributed by atoms with Crippen LogP contribution in [0.2, 0.25) is 0 Å². The van der Waals surface area contributed by atoms with Gasteiger partial charge >= 0.3 is 6.98 Å². The van der Waals surface area contributed by atoms with E-state index in [0.717, 1.165) is 4.88 Å². The highest BCUT2D eigenvalue weighted by Crippen LogP contribution is 2.21. The molecule has 0 N–H and O–H groups in total. The van der Waals surface area contributed by atoms with Gasteiger partial charge in [0.15, 0.2) is 0 Å². The predicted octanol–water partition coefficient (Wildman–Crippen LogP) is 3.90. The molecule has 1 aromatic heterocycles. The Morgan fingerprint density at radius 1 is 1.47 bits per heavy atom. The van der Waals surface area contributed by atoms with E-state index >= 15 is 0 Å². The molecule has 0 amide bonds. The molecular formula is C11H16BF3NS-. The van der Waals surface area contributed by atoms with Crippen molar-refractivity contribution in [2.75, 3.05) is 6.54 Å². The Bertz CT molecular complexity index is 359. The molecule has 17 heavy (non-hydrogen) atoms. The van der Waals surface area contributed by atoms with Crippen molar-refractivity contribution in [2.24, 2.45) is 0 Å². The van der Waals surface area contributed by atoms with Crippen molar-refractivity contribution in [2.45, 2.75) is 26.4 Å². The number of hydrogen-bond acceptors (Lipinski definition) is 2. The SMILES string of the molecule is C=C(CN(Cc1cccs1)C(C)C)[B-](F)(F)F. The van der Waals surface area contributed by atoms with Crippen LogP contribution in [-0.4, -0.2) is 24.5 Å². The van der Waals surface area contributed by atoms with E-state index in [1.165, 1.54) is 0 Å². The largest absolute Gasteiger partial charge is 0.506 e. The van der Waals surface area contributed by atoms with Gasteiger partial charge in [-0.25, -0.2) is 0 Å². The Labute approximate surface area is 104 Å². The van der Waals surface area contributed by atoms with E-state index in [1.54, 1.807) is 16.2 Å². The summed E-state index contributed by atoms with van der Waals surface area (Å²) >= 11 is 1.56. The first-order valence-electron chi connectivity index (χ1n) is 5.44. The fraction of sp³-hybridized carbons (Fsp3) is 0.455. The fourth-order valence-electron chi connectivity index (χ4n) is 1.39. The Morgan fingerprint density at radius 2 is 2.12 bits per heavy atom. The third-order valence-corrected chi connectivity index (χ3v) is 3.40. The molecule has 0 aliphatic carbocycles. The molecule has 0 unspecified atom stereocenters. The number of thiophene rings is 1. The summed E-state index contributed by atoms with van der Waals surface area (Å²) in [5.74, 6) is 0. The monoisotopic (exact) mass is 262 g/mol. The molecular weight excluding hydrogens is 246 g/mol. The summed E-state index contributed by atoms with van der Waals surface area (Å²) in [6.07, 6.45) is 0. The third-order valence-electron chi connectivity index (χ3n) is 2.54. The zero-order valence-corrected chi connectivity index (χ0v) is 10.8. The van der Waals surface area contributed by atoms with Crippen LogP contribution in [-0.2, 0) is 6.54 Å². The molecule has 0 saturated heterocycles. The van der Waals surface area contributed by atoms with Gasteiger partial charge in [-0.05, 0) is 31.8 Å². The summed E-state index contributed by atoms with van der Waals surface area (Å²) < 4.78 is 37.5. The Kier molecular flexibility index (Phi) is 4.83. The molecule has 0 fully saturated rings. The average molecular weight is 262 g/mol. The Morgan fingerprint density at radius 3 is 2.53 bits per heavy atom. The lowest BCUT2D eigenvalue weighted by Gasteiger charge is -2.30. The van der Waals surface area contributed by atoms with E-state index in [1.807, 2.05) is 31.4 Å². The second-order valence-electron chi connectivity index (χ2n) is 4.31. The molecule has 96 valence electrons. The number of rotatable bonds is 6. The van der Waals surface area contributed by atoms with Gasteiger partial charge in [0.05, 0.1) is 0 Å². The summed E-state index contributed by atoms with van der Waals surface area (Å²) in [5.41, 5.74) is -0.629. The molecule has 1 rings (SSSR count). The number of hydrogen-bond donors (Lipinski definition) is 0. The van der Waals surface area contributed by atoms with E-state index in [4.69, 9.17) is 0 Å².